The maximum absolute atomic E-state index is 12.8. The molecular formula is C58H86O6. The number of esters is 3. The van der Waals surface area contributed by atoms with Crippen molar-refractivity contribution in [3.8, 4) is 0 Å². The first-order valence-corrected chi connectivity index (χ1v) is 24.6. The van der Waals surface area contributed by atoms with Crippen LogP contribution in [-0.2, 0) is 28.6 Å². The Balaban J connectivity index is 4.59. The van der Waals surface area contributed by atoms with E-state index in [0.717, 1.165) is 96.3 Å². The van der Waals surface area contributed by atoms with Crippen LogP contribution in [0.2, 0.25) is 0 Å². The van der Waals surface area contributed by atoms with Gasteiger partial charge in [-0.1, -0.05) is 217 Å². The summed E-state index contributed by atoms with van der Waals surface area (Å²) in [5, 5.41) is 0. The normalized spacial score (nSPS) is 13.5. The summed E-state index contributed by atoms with van der Waals surface area (Å²) >= 11 is 0. The lowest BCUT2D eigenvalue weighted by atomic mass is 10.1. The van der Waals surface area contributed by atoms with Crippen LogP contribution in [0.25, 0.3) is 0 Å². The molecule has 0 spiro atoms. The summed E-state index contributed by atoms with van der Waals surface area (Å²) in [5.41, 5.74) is 0. The van der Waals surface area contributed by atoms with E-state index in [1.165, 1.54) is 19.3 Å². The monoisotopic (exact) mass is 879 g/mol. The third-order valence-electron chi connectivity index (χ3n) is 9.51. The van der Waals surface area contributed by atoms with Crippen molar-refractivity contribution < 1.29 is 28.6 Å². The molecule has 0 N–H and O–H groups in total. The molecule has 0 amide bonds. The first kappa shape index (κ1) is 59.0. The average molecular weight is 879 g/mol. The SMILES string of the molecule is CC\C=C/C=C\C=C/C=C\C=C\C=C/C=C\CCCCCC(=O)OCC(COC(=O)CCCC/C=C\C/C=C\C/C=C\CC)OC(=O)CCCCCCCCC\C=C/C=C\C=C/CC. The molecule has 0 aliphatic rings. The van der Waals surface area contributed by atoms with Gasteiger partial charge in [-0.05, 0) is 89.9 Å². The molecule has 0 radical (unpaired) electrons. The molecule has 64 heavy (non-hydrogen) atoms. The number of hydrogen-bond donors (Lipinski definition) is 0. The molecule has 0 aromatic carbocycles. The summed E-state index contributed by atoms with van der Waals surface area (Å²) in [6.45, 7) is 6.12. The summed E-state index contributed by atoms with van der Waals surface area (Å²) in [7, 11) is 0. The van der Waals surface area contributed by atoms with Crippen LogP contribution in [0, 0.1) is 0 Å². The molecule has 0 aliphatic carbocycles. The highest BCUT2D eigenvalue weighted by Crippen LogP contribution is 2.12. The van der Waals surface area contributed by atoms with Gasteiger partial charge in [0.25, 0.3) is 0 Å². The Kier molecular flexibility index (Phi) is 46.7. The molecule has 1 atom stereocenters. The fourth-order valence-electron chi connectivity index (χ4n) is 5.91. The molecule has 0 heterocycles. The van der Waals surface area contributed by atoms with E-state index in [0.29, 0.717) is 12.8 Å². The number of carbonyl (C=O) groups excluding carboxylic acids is 3. The Labute approximate surface area is 390 Å². The van der Waals surface area contributed by atoms with Crippen molar-refractivity contribution in [1.29, 1.82) is 0 Å². The van der Waals surface area contributed by atoms with E-state index in [1.54, 1.807) is 0 Å². The van der Waals surface area contributed by atoms with Crippen LogP contribution in [0.1, 0.15) is 168 Å². The first-order chi connectivity index (χ1) is 31.5. The number of rotatable bonds is 41. The molecule has 0 saturated carbocycles. The van der Waals surface area contributed by atoms with Gasteiger partial charge < -0.3 is 14.2 Å². The fraction of sp³-hybridized carbons (Fsp3) is 0.500. The lowest BCUT2D eigenvalue weighted by molar-refractivity contribution is -0.167. The van der Waals surface area contributed by atoms with Crippen LogP contribution in [0.15, 0.2) is 158 Å². The van der Waals surface area contributed by atoms with E-state index in [9.17, 15) is 14.4 Å². The van der Waals surface area contributed by atoms with Gasteiger partial charge in [0.15, 0.2) is 6.10 Å². The van der Waals surface area contributed by atoms with Gasteiger partial charge in [0.2, 0.25) is 0 Å². The van der Waals surface area contributed by atoms with Crippen molar-refractivity contribution in [2.24, 2.45) is 0 Å². The van der Waals surface area contributed by atoms with E-state index in [4.69, 9.17) is 14.2 Å². The summed E-state index contributed by atoms with van der Waals surface area (Å²) in [4.78, 5) is 37.9. The predicted octanol–water partition coefficient (Wildman–Crippen LogP) is 16.2. The van der Waals surface area contributed by atoms with Gasteiger partial charge in [-0.25, -0.2) is 0 Å². The second kappa shape index (κ2) is 50.7. The Hall–Kier alpha value is -4.97. The van der Waals surface area contributed by atoms with Gasteiger partial charge >= 0.3 is 17.9 Å². The largest absolute Gasteiger partial charge is 0.462 e. The van der Waals surface area contributed by atoms with E-state index in [2.05, 4.69) is 106 Å². The molecule has 0 fully saturated rings. The molecule has 0 aromatic heterocycles. The van der Waals surface area contributed by atoms with Crippen LogP contribution in [0.3, 0.4) is 0 Å². The highest BCUT2D eigenvalue weighted by Gasteiger charge is 2.19. The number of carbonyl (C=O) groups is 3. The number of unbranched alkanes of at least 4 members (excludes halogenated alkanes) is 12. The molecule has 0 aliphatic heterocycles. The molecule has 6 nitrogen and oxygen atoms in total. The molecule has 0 aromatic rings. The van der Waals surface area contributed by atoms with Crippen molar-refractivity contribution in [2.45, 2.75) is 175 Å². The van der Waals surface area contributed by atoms with Crippen LogP contribution < -0.4 is 0 Å². The Morgan fingerprint density at radius 1 is 0.328 bits per heavy atom. The molecule has 0 rings (SSSR count). The van der Waals surface area contributed by atoms with Crippen LogP contribution in [-0.4, -0.2) is 37.2 Å². The third kappa shape index (κ3) is 48.1. The topological polar surface area (TPSA) is 78.9 Å². The lowest BCUT2D eigenvalue weighted by Gasteiger charge is -2.18. The van der Waals surface area contributed by atoms with Gasteiger partial charge in [-0.15, -0.1) is 0 Å². The zero-order chi connectivity index (χ0) is 46.5. The Morgan fingerprint density at radius 3 is 1.11 bits per heavy atom. The number of hydrogen-bond acceptors (Lipinski definition) is 6. The average Bonchev–Trinajstić information content (AvgIpc) is 3.29. The van der Waals surface area contributed by atoms with Gasteiger partial charge in [0.1, 0.15) is 13.2 Å². The Bertz CT molecular complexity index is 1520. The summed E-state index contributed by atoms with van der Waals surface area (Å²) in [6.07, 6.45) is 73.6. The number of ether oxygens (including phenoxy) is 3. The van der Waals surface area contributed by atoms with Crippen LogP contribution in [0.5, 0.6) is 0 Å². The highest BCUT2D eigenvalue weighted by atomic mass is 16.6. The second-order valence-electron chi connectivity index (χ2n) is 15.5. The maximum Gasteiger partial charge on any atom is 0.306 e. The van der Waals surface area contributed by atoms with Crippen molar-refractivity contribution in [1.82, 2.24) is 0 Å². The zero-order valence-corrected chi connectivity index (χ0v) is 40.2. The van der Waals surface area contributed by atoms with E-state index < -0.39 is 6.10 Å². The molecule has 0 bridgehead atoms. The van der Waals surface area contributed by atoms with Crippen LogP contribution >= 0.6 is 0 Å². The van der Waals surface area contributed by atoms with Crippen molar-refractivity contribution >= 4 is 17.9 Å². The van der Waals surface area contributed by atoms with E-state index in [1.807, 2.05) is 72.9 Å². The smallest absolute Gasteiger partial charge is 0.306 e. The molecule has 0 saturated heterocycles. The Morgan fingerprint density at radius 2 is 0.641 bits per heavy atom. The molecule has 6 heteroatoms. The minimum Gasteiger partial charge on any atom is -0.462 e. The van der Waals surface area contributed by atoms with Gasteiger partial charge in [0, 0.05) is 19.3 Å². The van der Waals surface area contributed by atoms with E-state index in [-0.39, 0.29) is 50.4 Å². The van der Waals surface area contributed by atoms with Crippen molar-refractivity contribution in [3.63, 3.8) is 0 Å². The molecule has 1 unspecified atom stereocenters. The number of allylic oxidation sites excluding steroid dienone is 26. The lowest BCUT2D eigenvalue weighted by Crippen LogP contribution is -2.30. The third-order valence-corrected chi connectivity index (χ3v) is 9.51. The van der Waals surface area contributed by atoms with E-state index >= 15 is 0 Å². The standard InChI is InChI=1S/C58H86O6/c1-4-7-10-13-16-19-22-25-27-28-29-30-32-33-36-39-42-45-48-51-57(60)63-54-55(53-62-56(59)50-47-44-41-38-35-24-21-18-15-12-9-6-3)64-58(61)52-49-46-43-40-37-34-31-26-23-20-17-14-11-8-5-2/h7-14,16-23,25,27-30,32-33,35-36,38,55H,4-6,15,24,26,31,34,37,39-54H2,1-3H3/b10-7-,11-8-,12-9-,16-13-,17-14-,21-18-,22-19-,23-20-,27-25-,29-28+,32-30-,36-33-,38-35-. The van der Waals surface area contributed by atoms with Gasteiger partial charge in [-0.3, -0.25) is 14.4 Å². The minimum absolute atomic E-state index is 0.126. The highest BCUT2D eigenvalue weighted by molar-refractivity contribution is 5.71. The molecular weight excluding hydrogens is 793 g/mol. The molecule has 354 valence electrons. The van der Waals surface area contributed by atoms with Gasteiger partial charge in [-0.2, -0.15) is 0 Å². The summed E-state index contributed by atoms with van der Waals surface area (Å²) in [5.74, 6) is -1.04. The van der Waals surface area contributed by atoms with Crippen LogP contribution in [0.4, 0.5) is 0 Å². The summed E-state index contributed by atoms with van der Waals surface area (Å²) in [6, 6.07) is 0. The van der Waals surface area contributed by atoms with Crippen molar-refractivity contribution in [3.05, 3.63) is 158 Å². The first-order valence-electron chi connectivity index (χ1n) is 24.6. The second-order valence-corrected chi connectivity index (χ2v) is 15.5. The summed E-state index contributed by atoms with van der Waals surface area (Å²) < 4.78 is 16.7. The minimum atomic E-state index is -0.826. The fourth-order valence-corrected chi connectivity index (χ4v) is 5.91. The van der Waals surface area contributed by atoms with Crippen molar-refractivity contribution in [2.75, 3.05) is 13.2 Å². The predicted molar refractivity (Wildman–Crippen MR) is 274 cm³/mol. The zero-order valence-electron chi connectivity index (χ0n) is 40.2. The quantitative estimate of drug-likeness (QED) is 0.0200. The van der Waals surface area contributed by atoms with Gasteiger partial charge in [0.05, 0.1) is 0 Å². The maximum atomic E-state index is 12.8.